The smallest absolute Gasteiger partial charge is 0.308 e. The van der Waals surface area contributed by atoms with Crippen LogP contribution < -0.4 is 4.90 Å². The van der Waals surface area contributed by atoms with Crippen LogP contribution in [0.15, 0.2) is 18.2 Å². The van der Waals surface area contributed by atoms with Gasteiger partial charge < -0.3 is 10.0 Å². The number of hydrogen-bond donors (Lipinski definition) is 1. The Morgan fingerprint density at radius 2 is 2.24 bits per heavy atom. The third-order valence-electron chi connectivity index (χ3n) is 2.87. The Labute approximate surface area is 104 Å². The van der Waals surface area contributed by atoms with E-state index in [4.69, 9.17) is 16.7 Å². The van der Waals surface area contributed by atoms with E-state index in [0.717, 1.165) is 5.56 Å². The third-order valence-corrected chi connectivity index (χ3v) is 3.17. The van der Waals surface area contributed by atoms with E-state index in [2.05, 4.69) is 0 Å². The van der Waals surface area contributed by atoms with E-state index in [0.29, 0.717) is 10.7 Å². The highest BCUT2D eigenvalue weighted by molar-refractivity contribution is 6.34. The standard InChI is InChI=1S/C12H12ClNO3/c1-7-2-3-10(9(13)4-7)14-6-8(12(16)17)5-11(14)15/h2-4,8H,5-6H2,1H3,(H,16,17)/t8-/m0/s1. The van der Waals surface area contributed by atoms with Gasteiger partial charge in [0.2, 0.25) is 5.91 Å². The van der Waals surface area contributed by atoms with Gasteiger partial charge in [0.25, 0.3) is 0 Å². The summed E-state index contributed by atoms with van der Waals surface area (Å²) < 4.78 is 0. The van der Waals surface area contributed by atoms with E-state index in [1.54, 1.807) is 12.1 Å². The maximum atomic E-state index is 11.7. The van der Waals surface area contributed by atoms with Gasteiger partial charge in [-0.1, -0.05) is 17.7 Å². The Hall–Kier alpha value is -1.55. The molecule has 2 rings (SSSR count). The summed E-state index contributed by atoms with van der Waals surface area (Å²) >= 11 is 6.06. The molecular weight excluding hydrogens is 242 g/mol. The van der Waals surface area contributed by atoms with E-state index >= 15 is 0 Å². The average Bonchev–Trinajstić information content (AvgIpc) is 2.61. The second kappa shape index (κ2) is 4.37. The van der Waals surface area contributed by atoms with Crippen LogP contribution in [-0.4, -0.2) is 23.5 Å². The molecule has 1 amide bonds. The van der Waals surface area contributed by atoms with E-state index in [1.165, 1.54) is 4.90 Å². The van der Waals surface area contributed by atoms with Gasteiger partial charge in [0.05, 0.1) is 16.6 Å². The highest BCUT2D eigenvalue weighted by Gasteiger charge is 2.35. The van der Waals surface area contributed by atoms with Crippen LogP contribution in [0.2, 0.25) is 5.02 Å². The minimum absolute atomic E-state index is 0.0412. The fourth-order valence-corrected chi connectivity index (χ4v) is 2.27. The fraction of sp³-hybridized carbons (Fsp3) is 0.333. The SMILES string of the molecule is Cc1ccc(N2C[C@@H](C(=O)O)CC2=O)c(Cl)c1. The average molecular weight is 254 g/mol. The van der Waals surface area contributed by atoms with Crippen LogP contribution in [0.4, 0.5) is 5.69 Å². The summed E-state index contributed by atoms with van der Waals surface area (Å²) in [6, 6.07) is 5.36. The van der Waals surface area contributed by atoms with Crippen LogP contribution in [-0.2, 0) is 9.59 Å². The minimum atomic E-state index is -0.941. The molecule has 0 spiro atoms. The van der Waals surface area contributed by atoms with Crippen molar-refractivity contribution in [1.82, 2.24) is 0 Å². The Morgan fingerprint density at radius 1 is 1.53 bits per heavy atom. The quantitative estimate of drug-likeness (QED) is 0.878. The van der Waals surface area contributed by atoms with Crippen LogP contribution in [0.5, 0.6) is 0 Å². The second-order valence-electron chi connectivity index (χ2n) is 4.20. The maximum absolute atomic E-state index is 11.7. The number of hydrogen-bond acceptors (Lipinski definition) is 2. The molecule has 5 heteroatoms. The van der Waals surface area contributed by atoms with Gasteiger partial charge in [-0.15, -0.1) is 0 Å². The third kappa shape index (κ3) is 2.26. The van der Waals surface area contributed by atoms with Crippen LogP contribution in [0.1, 0.15) is 12.0 Å². The molecule has 0 saturated carbocycles. The predicted molar refractivity (Wildman–Crippen MR) is 64.3 cm³/mol. The first kappa shape index (κ1) is 11.9. The molecule has 1 aromatic rings. The van der Waals surface area contributed by atoms with Crippen LogP contribution in [0.25, 0.3) is 0 Å². The molecule has 1 aliphatic rings. The van der Waals surface area contributed by atoms with Gasteiger partial charge in [0, 0.05) is 13.0 Å². The summed E-state index contributed by atoms with van der Waals surface area (Å²) in [5.74, 6) is -1.77. The van der Waals surface area contributed by atoms with Crippen molar-refractivity contribution in [3.63, 3.8) is 0 Å². The van der Waals surface area contributed by atoms with Crippen molar-refractivity contribution in [3.8, 4) is 0 Å². The van der Waals surface area contributed by atoms with E-state index in [-0.39, 0.29) is 18.9 Å². The number of halogens is 1. The summed E-state index contributed by atoms with van der Waals surface area (Å²) in [4.78, 5) is 24.0. The topological polar surface area (TPSA) is 57.6 Å². The lowest BCUT2D eigenvalue weighted by atomic mass is 10.1. The van der Waals surface area contributed by atoms with Crippen molar-refractivity contribution in [2.75, 3.05) is 11.4 Å². The predicted octanol–water partition coefficient (Wildman–Crippen LogP) is 2.09. The van der Waals surface area contributed by atoms with Gasteiger partial charge in [0.1, 0.15) is 0 Å². The largest absolute Gasteiger partial charge is 0.481 e. The number of amides is 1. The summed E-state index contributed by atoms with van der Waals surface area (Å²) in [6.45, 7) is 2.10. The zero-order chi connectivity index (χ0) is 12.6. The van der Waals surface area contributed by atoms with E-state index in [9.17, 15) is 9.59 Å². The monoisotopic (exact) mass is 253 g/mol. The Morgan fingerprint density at radius 3 is 2.76 bits per heavy atom. The number of carbonyl (C=O) groups excluding carboxylic acids is 1. The second-order valence-corrected chi connectivity index (χ2v) is 4.61. The van der Waals surface area contributed by atoms with Gasteiger partial charge in [-0.05, 0) is 24.6 Å². The molecule has 1 saturated heterocycles. The zero-order valence-electron chi connectivity index (χ0n) is 9.31. The molecule has 0 aliphatic carbocycles. The van der Waals surface area contributed by atoms with Crippen molar-refractivity contribution < 1.29 is 14.7 Å². The molecule has 0 aromatic heterocycles. The number of aliphatic carboxylic acids is 1. The van der Waals surface area contributed by atoms with E-state index < -0.39 is 11.9 Å². The number of aryl methyl sites for hydroxylation is 1. The summed E-state index contributed by atoms with van der Waals surface area (Å²) in [7, 11) is 0. The first-order valence-corrected chi connectivity index (χ1v) is 5.66. The van der Waals surface area contributed by atoms with Crippen molar-refractivity contribution in [3.05, 3.63) is 28.8 Å². The summed E-state index contributed by atoms with van der Waals surface area (Å²) in [5.41, 5.74) is 1.59. The van der Waals surface area contributed by atoms with Crippen molar-refractivity contribution in [2.45, 2.75) is 13.3 Å². The molecule has 1 atom stereocenters. The fourth-order valence-electron chi connectivity index (χ4n) is 1.94. The lowest BCUT2D eigenvalue weighted by Crippen LogP contribution is -2.26. The molecule has 1 aromatic carbocycles. The van der Waals surface area contributed by atoms with E-state index in [1.807, 2.05) is 13.0 Å². The van der Waals surface area contributed by atoms with Crippen LogP contribution >= 0.6 is 11.6 Å². The molecule has 0 unspecified atom stereocenters. The normalized spacial score (nSPS) is 19.8. The molecule has 90 valence electrons. The Kier molecular flexibility index (Phi) is 3.07. The molecule has 1 aliphatic heterocycles. The van der Waals surface area contributed by atoms with Gasteiger partial charge in [-0.3, -0.25) is 9.59 Å². The lowest BCUT2D eigenvalue weighted by molar-refractivity contribution is -0.141. The Balaban J connectivity index is 2.29. The summed E-state index contributed by atoms with van der Waals surface area (Å²) in [5, 5.41) is 9.37. The number of carboxylic acid groups (broad SMARTS) is 1. The highest BCUT2D eigenvalue weighted by atomic mass is 35.5. The number of carbonyl (C=O) groups is 2. The van der Waals surface area contributed by atoms with Crippen LogP contribution in [0, 0.1) is 12.8 Å². The first-order chi connectivity index (χ1) is 7.99. The molecular formula is C12H12ClNO3. The minimum Gasteiger partial charge on any atom is -0.481 e. The number of benzene rings is 1. The van der Waals surface area contributed by atoms with Gasteiger partial charge in [-0.2, -0.15) is 0 Å². The zero-order valence-corrected chi connectivity index (χ0v) is 10.1. The van der Waals surface area contributed by atoms with Crippen LogP contribution in [0.3, 0.4) is 0 Å². The van der Waals surface area contributed by atoms with Gasteiger partial charge >= 0.3 is 5.97 Å². The number of rotatable bonds is 2. The molecule has 0 radical (unpaired) electrons. The first-order valence-electron chi connectivity index (χ1n) is 5.28. The lowest BCUT2D eigenvalue weighted by Gasteiger charge is -2.17. The molecule has 1 heterocycles. The molecule has 4 nitrogen and oxygen atoms in total. The summed E-state index contributed by atoms with van der Waals surface area (Å²) in [6.07, 6.45) is 0.0412. The number of anilines is 1. The van der Waals surface area contributed by atoms with Crippen molar-refractivity contribution >= 4 is 29.2 Å². The maximum Gasteiger partial charge on any atom is 0.308 e. The number of carboxylic acids is 1. The molecule has 1 N–H and O–H groups in total. The molecule has 17 heavy (non-hydrogen) atoms. The van der Waals surface area contributed by atoms with Gasteiger partial charge in [-0.25, -0.2) is 0 Å². The molecule has 0 bridgehead atoms. The molecule has 1 fully saturated rings. The Bertz CT molecular complexity index is 487. The highest BCUT2D eigenvalue weighted by Crippen LogP contribution is 2.31. The van der Waals surface area contributed by atoms with Gasteiger partial charge in [0.15, 0.2) is 0 Å². The van der Waals surface area contributed by atoms with Crippen molar-refractivity contribution in [1.29, 1.82) is 0 Å². The van der Waals surface area contributed by atoms with Crippen molar-refractivity contribution in [2.24, 2.45) is 5.92 Å². The number of nitrogens with zero attached hydrogens (tertiary/aromatic N) is 1.